The van der Waals surface area contributed by atoms with Gasteiger partial charge in [0.2, 0.25) is 5.95 Å². The fraction of sp³-hybridized carbons (Fsp3) is 0.400. The Bertz CT molecular complexity index is 942. The predicted molar refractivity (Wildman–Crippen MR) is 108 cm³/mol. The van der Waals surface area contributed by atoms with Crippen LogP contribution in [-0.4, -0.2) is 45.9 Å². The summed E-state index contributed by atoms with van der Waals surface area (Å²) >= 11 is 0. The summed E-state index contributed by atoms with van der Waals surface area (Å²) in [6.45, 7) is 6.54. The smallest absolute Gasteiger partial charge is 0.261 e. The molecule has 144 valence electrons. The van der Waals surface area contributed by atoms with Gasteiger partial charge in [0.1, 0.15) is 11.4 Å². The number of hydrogen-bond donors (Lipinski definition) is 3. The van der Waals surface area contributed by atoms with Crippen LogP contribution in [0.2, 0.25) is 0 Å². The number of rotatable bonds is 3. The second-order valence-corrected chi connectivity index (χ2v) is 7.46. The number of anilines is 4. The van der Waals surface area contributed by atoms with Crippen LogP contribution < -0.4 is 16.0 Å². The molecule has 0 radical (unpaired) electrons. The fourth-order valence-corrected chi connectivity index (χ4v) is 3.60. The van der Waals surface area contributed by atoms with Gasteiger partial charge in [-0.15, -0.1) is 0 Å². The Morgan fingerprint density at radius 3 is 2.75 bits per heavy atom. The van der Waals surface area contributed by atoms with E-state index in [0.717, 1.165) is 25.9 Å². The zero-order valence-corrected chi connectivity index (χ0v) is 16.0. The summed E-state index contributed by atoms with van der Waals surface area (Å²) in [6, 6.07) is 8.06. The Morgan fingerprint density at radius 2 is 2.04 bits per heavy atom. The van der Waals surface area contributed by atoms with E-state index in [2.05, 4.69) is 50.7 Å². The molecule has 8 nitrogen and oxygen atoms in total. The van der Waals surface area contributed by atoms with Crippen LogP contribution in [0.4, 0.5) is 23.1 Å². The number of aromatic nitrogens is 2. The molecule has 0 atom stereocenters. The molecule has 0 bridgehead atoms. The quantitative estimate of drug-likeness (QED) is 0.755. The number of nitriles is 1. The van der Waals surface area contributed by atoms with Crippen molar-refractivity contribution in [3.63, 3.8) is 0 Å². The number of carbonyl (C=O) groups is 1. The lowest BCUT2D eigenvalue weighted by Gasteiger charge is -2.34. The van der Waals surface area contributed by atoms with E-state index in [1.807, 2.05) is 0 Å². The van der Waals surface area contributed by atoms with Crippen molar-refractivity contribution < 1.29 is 4.79 Å². The van der Waals surface area contributed by atoms with Crippen molar-refractivity contribution in [2.45, 2.75) is 38.8 Å². The van der Waals surface area contributed by atoms with Gasteiger partial charge in [0.05, 0.1) is 23.0 Å². The average Bonchev–Trinajstić information content (AvgIpc) is 2.83. The minimum absolute atomic E-state index is 0.298. The van der Waals surface area contributed by atoms with Gasteiger partial charge in [0.15, 0.2) is 0 Å². The second-order valence-electron chi connectivity index (χ2n) is 7.46. The van der Waals surface area contributed by atoms with Crippen molar-refractivity contribution in [2.24, 2.45) is 0 Å². The molecule has 8 heteroatoms. The van der Waals surface area contributed by atoms with Crippen LogP contribution in [0.15, 0.2) is 24.4 Å². The number of amides is 1. The van der Waals surface area contributed by atoms with E-state index in [1.54, 1.807) is 18.2 Å². The number of carbonyl (C=O) groups excluding carboxylic acids is 1. The summed E-state index contributed by atoms with van der Waals surface area (Å²) in [5.74, 6) is 0.672. The van der Waals surface area contributed by atoms with Crippen LogP contribution in [-0.2, 0) is 0 Å². The Labute approximate surface area is 164 Å². The lowest BCUT2D eigenvalue weighted by Crippen LogP contribution is -2.42. The normalized spacial score (nSPS) is 17.0. The zero-order valence-electron chi connectivity index (χ0n) is 16.0. The molecule has 1 aromatic carbocycles. The SMILES string of the molecule is CC(C)N1CCC(Nc2ncc3c(n2)Nc2ccc(C#N)cc2NC3=O)CC1. The van der Waals surface area contributed by atoms with Gasteiger partial charge in [-0.3, -0.25) is 4.79 Å². The van der Waals surface area contributed by atoms with E-state index in [0.29, 0.717) is 46.4 Å². The zero-order chi connectivity index (χ0) is 19.7. The molecule has 1 aromatic heterocycles. The van der Waals surface area contributed by atoms with E-state index in [9.17, 15) is 4.79 Å². The number of likely N-dealkylation sites (tertiary alicyclic amines) is 1. The van der Waals surface area contributed by atoms with Crippen molar-refractivity contribution >= 4 is 29.0 Å². The first kappa shape index (κ1) is 18.2. The number of nitrogens with zero attached hydrogens (tertiary/aromatic N) is 4. The van der Waals surface area contributed by atoms with Crippen LogP contribution >= 0.6 is 0 Å². The Balaban J connectivity index is 1.53. The van der Waals surface area contributed by atoms with Crippen LogP contribution in [0.1, 0.15) is 42.6 Å². The van der Waals surface area contributed by atoms with E-state index in [4.69, 9.17) is 5.26 Å². The molecule has 1 amide bonds. The largest absolute Gasteiger partial charge is 0.351 e. The first-order valence-corrected chi connectivity index (χ1v) is 9.53. The molecule has 0 spiro atoms. The predicted octanol–water partition coefficient (Wildman–Crippen LogP) is 2.94. The number of hydrogen-bond acceptors (Lipinski definition) is 7. The Morgan fingerprint density at radius 1 is 1.25 bits per heavy atom. The highest BCUT2D eigenvalue weighted by Crippen LogP contribution is 2.32. The van der Waals surface area contributed by atoms with Gasteiger partial charge < -0.3 is 20.9 Å². The van der Waals surface area contributed by atoms with E-state index in [-0.39, 0.29) is 5.91 Å². The summed E-state index contributed by atoms with van der Waals surface area (Å²) in [6.07, 6.45) is 3.60. The first-order valence-electron chi connectivity index (χ1n) is 9.53. The molecule has 2 aromatic rings. The average molecular weight is 377 g/mol. The highest BCUT2D eigenvalue weighted by molar-refractivity contribution is 6.11. The van der Waals surface area contributed by atoms with Gasteiger partial charge in [0.25, 0.3) is 5.91 Å². The maximum absolute atomic E-state index is 12.5. The molecule has 2 aliphatic rings. The molecule has 0 unspecified atom stereocenters. The van der Waals surface area contributed by atoms with Crippen molar-refractivity contribution in [3.05, 3.63) is 35.5 Å². The van der Waals surface area contributed by atoms with Gasteiger partial charge in [-0.05, 0) is 44.9 Å². The standard InChI is InChI=1S/C20H23N7O/c1-12(2)27-7-5-14(6-8-27)23-20-22-11-15-18(26-20)24-16-4-3-13(10-21)9-17(16)25-19(15)28/h3-4,9,11-12,14H,5-8H2,1-2H3,(H,25,28)(H2,22,23,24,26). The highest BCUT2D eigenvalue weighted by Gasteiger charge is 2.24. The van der Waals surface area contributed by atoms with E-state index >= 15 is 0 Å². The maximum atomic E-state index is 12.5. The number of piperidine rings is 1. The van der Waals surface area contributed by atoms with Crippen LogP contribution in [0, 0.1) is 11.3 Å². The van der Waals surface area contributed by atoms with Gasteiger partial charge in [-0.1, -0.05) is 0 Å². The second kappa shape index (κ2) is 7.44. The fourth-order valence-electron chi connectivity index (χ4n) is 3.60. The molecule has 3 heterocycles. The summed E-state index contributed by atoms with van der Waals surface area (Å²) in [7, 11) is 0. The molecular weight excluding hydrogens is 354 g/mol. The van der Waals surface area contributed by atoms with Crippen molar-refractivity contribution in [1.82, 2.24) is 14.9 Å². The van der Waals surface area contributed by atoms with Gasteiger partial charge in [-0.25, -0.2) is 4.98 Å². The Kier molecular flexibility index (Phi) is 4.84. The first-order chi connectivity index (χ1) is 13.5. The molecule has 2 aliphatic heterocycles. The third-order valence-corrected chi connectivity index (χ3v) is 5.28. The van der Waals surface area contributed by atoms with Gasteiger partial charge in [0, 0.05) is 31.4 Å². The van der Waals surface area contributed by atoms with Crippen molar-refractivity contribution in [3.8, 4) is 6.07 Å². The molecule has 0 saturated carbocycles. The number of benzene rings is 1. The van der Waals surface area contributed by atoms with Crippen molar-refractivity contribution in [1.29, 1.82) is 5.26 Å². The van der Waals surface area contributed by atoms with Crippen molar-refractivity contribution in [2.75, 3.05) is 29.0 Å². The van der Waals surface area contributed by atoms with Crippen LogP contribution in [0.3, 0.4) is 0 Å². The van der Waals surface area contributed by atoms with Gasteiger partial charge >= 0.3 is 0 Å². The van der Waals surface area contributed by atoms with Gasteiger partial charge in [-0.2, -0.15) is 10.2 Å². The summed E-state index contributed by atoms with van der Waals surface area (Å²) in [5.41, 5.74) is 2.10. The van der Waals surface area contributed by atoms with E-state index < -0.39 is 0 Å². The number of fused-ring (bicyclic) bond motifs is 2. The lowest BCUT2D eigenvalue weighted by atomic mass is 10.0. The molecule has 1 fully saturated rings. The molecule has 4 rings (SSSR count). The molecule has 28 heavy (non-hydrogen) atoms. The minimum Gasteiger partial charge on any atom is -0.351 e. The highest BCUT2D eigenvalue weighted by atomic mass is 16.1. The summed E-state index contributed by atoms with van der Waals surface area (Å²) < 4.78 is 0. The van der Waals surface area contributed by atoms with E-state index in [1.165, 1.54) is 6.20 Å². The topological polar surface area (TPSA) is 106 Å². The Hall–Kier alpha value is -3.18. The number of nitrogens with one attached hydrogen (secondary N) is 3. The van der Waals surface area contributed by atoms with Crippen LogP contribution in [0.5, 0.6) is 0 Å². The molecular formula is C20H23N7O. The lowest BCUT2D eigenvalue weighted by molar-refractivity contribution is 0.102. The molecule has 1 saturated heterocycles. The summed E-state index contributed by atoms with van der Waals surface area (Å²) in [4.78, 5) is 23.9. The van der Waals surface area contributed by atoms with Crippen LogP contribution in [0.25, 0.3) is 0 Å². The molecule has 3 N–H and O–H groups in total. The monoisotopic (exact) mass is 377 g/mol. The maximum Gasteiger partial charge on any atom is 0.261 e. The third-order valence-electron chi connectivity index (χ3n) is 5.28. The summed E-state index contributed by atoms with van der Waals surface area (Å²) in [5, 5.41) is 18.5. The molecule has 0 aliphatic carbocycles. The third kappa shape index (κ3) is 3.62. The minimum atomic E-state index is -0.298.